The molecule has 1 amide bonds. The van der Waals surface area contributed by atoms with E-state index in [-0.39, 0.29) is 18.7 Å². The van der Waals surface area contributed by atoms with Gasteiger partial charge in [-0.15, -0.1) is 0 Å². The standard InChI is InChI=1S/C18H16ClN3O3/c1-13-11-14(6-7-15(13)19)22(10-4-8-20)17(23)12-25-18(24)16-5-2-3-9-21-16/h2-3,5-7,9,11H,4,10,12H2,1H3. The van der Waals surface area contributed by atoms with E-state index in [0.717, 1.165) is 5.56 Å². The Kier molecular flexibility index (Phi) is 6.49. The highest BCUT2D eigenvalue weighted by Crippen LogP contribution is 2.23. The zero-order chi connectivity index (χ0) is 18.2. The number of carbonyl (C=O) groups is 2. The number of rotatable bonds is 6. The van der Waals surface area contributed by atoms with E-state index < -0.39 is 18.5 Å². The van der Waals surface area contributed by atoms with Crippen molar-refractivity contribution in [2.45, 2.75) is 13.3 Å². The number of aromatic nitrogens is 1. The number of hydrogen-bond donors (Lipinski definition) is 0. The number of ether oxygens (including phenoxy) is 1. The second-order valence-electron chi connectivity index (χ2n) is 5.18. The molecule has 0 unspecified atom stereocenters. The largest absolute Gasteiger partial charge is 0.451 e. The summed E-state index contributed by atoms with van der Waals surface area (Å²) in [6, 6.07) is 11.9. The SMILES string of the molecule is Cc1cc(N(CCC#N)C(=O)COC(=O)c2ccccn2)ccc1Cl. The average Bonchev–Trinajstić information content (AvgIpc) is 2.63. The maximum Gasteiger partial charge on any atom is 0.357 e. The molecule has 1 aromatic heterocycles. The van der Waals surface area contributed by atoms with E-state index in [1.165, 1.54) is 17.2 Å². The molecule has 2 aromatic rings. The first-order valence-corrected chi connectivity index (χ1v) is 7.92. The molecule has 0 spiro atoms. The molecule has 0 atom stereocenters. The van der Waals surface area contributed by atoms with Crippen LogP contribution in [-0.2, 0) is 9.53 Å². The number of benzene rings is 1. The molecule has 0 bridgehead atoms. The third-order valence-electron chi connectivity index (χ3n) is 3.40. The molecular formula is C18H16ClN3O3. The van der Waals surface area contributed by atoms with E-state index in [1.807, 2.05) is 13.0 Å². The summed E-state index contributed by atoms with van der Waals surface area (Å²) in [4.78, 5) is 29.6. The Morgan fingerprint density at radius 1 is 1.32 bits per heavy atom. The summed E-state index contributed by atoms with van der Waals surface area (Å²) in [7, 11) is 0. The number of nitriles is 1. The van der Waals surface area contributed by atoms with Crippen LogP contribution in [0.5, 0.6) is 0 Å². The number of amides is 1. The van der Waals surface area contributed by atoms with Gasteiger partial charge in [0.05, 0.1) is 12.5 Å². The average molecular weight is 358 g/mol. The zero-order valence-electron chi connectivity index (χ0n) is 13.6. The predicted molar refractivity (Wildman–Crippen MR) is 93.3 cm³/mol. The smallest absolute Gasteiger partial charge is 0.357 e. The van der Waals surface area contributed by atoms with Gasteiger partial charge in [-0.1, -0.05) is 17.7 Å². The Bertz CT molecular complexity index is 803. The molecule has 0 saturated carbocycles. The second-order valence-corrected chi connectivity index (χ2v) is 5.59. The molecule has 7 heteroatoms. The van der Waals surface area contributed by atoms with Crippen molar-refractivity contribution in [1.29, 1.82) is 5.26 Å². The monoisotopic (exact) mass is 357 g/mol. The lowest BCUT2D eigenvalue weighted by atomic mass is 10.2. The molecule has 25 heavy (non-hydrogen) atoms. The first-order valence-electron chi connectivity index (χ1n) is 7.54. The summed E-state index contributed by atoms with van der Waals surface area (Å²) in [6.07, 6.45) is 1.62. The van der Waals surface area contributed by atoms with E-state index in [2.05, 4.69) is 4.98 Å². The topological polar surface area (TPSA) is 83.3 Å². The lowest BCUT2D eigenvalue weighted by Gasteiger charge is -2.22. The maximum atomic E-state index is 12.5. The molecule has 1 aromatic carbocycles. The Labute approximate surface area is 150 Å². The van der Waals surface area contributed by atoms with Crippen molar-refractivity contribution in [3.8, 4) is 6.07 Å². The molecule has 0 fully saturated rings. The van der Waals surface area contributed by atoms with Gasteiger partial charge in [-0.3, -0.25) is 4.79 Å². The molecule has 2 rings (SSSR count). The highest BCUT2D eigenvalue weighted by atomic mass is 35.5. The highest BCUT2D eigenvalue weighted by molar-refractivity contribution is 6.31. The van der Waals surface area contributed by atoms with Crippen molar-refractivity contribution in [2.75, 3.05) is 18.1 Å². The van der Waals surface area contributed by atoms with Crippen LogP contribution in [0.3, 0.4) is 0 Å². The van der Waals surface area contributed by atoms with Gasteiger partial charge in [-0.25, -0.2) is 9.78 Å². The van der Waals surface area contributed by atoms with Crippen LogP contribution in [0, 0.1) is 18.3 Å². The summed E-state index contributed by atoms with van der Waals surface area (Å²) in [5.74, 6) is -1.11. The van der Waals surface area contributed by atoms with Crippen LogP contribution in [0.25, 0.3) is 0 Å². The first kappa shape index (κ1) is 18.4. The van der Waals surface area contributed by atoms with Gasteiger partial charge in [-0.2, -0.15) is 5.26 Å². The van der Waals surface area contributed by atoms with Gasteiger partial charge >= 0.3 is 5.97 Å². The van der Waals surface area contributed by atoms with Gasteiger partial charge in [0.2, 0.25) is 0 Å². The Morgan fingerprint density at radius 3 is 2.76 bits per heavy atom. The maximum absolute atomic E-state index is 12.5. The molecule has 0 aliphatic heterocycles. The van der Waals surface area contributed by atoms with Crippen LogP contribution >= 0.6 is 11.6 Å². The minimum atomic E-state index is -0.679. The highest BCUT2D eigenvalue weighted by Gasteiger charge is 2.19. The molecule has 0 saturated heterocycles. The number of esters is 1. The van der Waals surface area contributed by atoms with Crippen LogP contribution in [-0.4, -0.2) is 30.0 Å². The van der Waals surface area contributed by atoms with E-state index >= 15 is 0 Å². The van der Waals surface area contributed by atoms with E-state index in [1.54, 1.807) is 30.3 Å². The molecule has 6 nitrogen and oxygen atoms in total. The van der Waals surface area contributed by atoms with Gasteiger partial charge in [0, 0.05) is 23.5 Å². The number of carbonyl (C=O) groups excluding carboxylic acids is 2. The minimum Gasteiger partial charge on any atom is -0.451 e. The molecule has 1 heterocycles. The fourth-order valence-corrected chi connectivity index (χ4v) is 2.24. The van der Waals surface area contributed by atoms with Crippen molar-refractivity contribution < 1.29 is 14.3 Å². The summed E-state index contributed by atoms with van der Waals surface area (Å²) in [6.45, 7) is 1.57. The van der Waals surface area contributed by atoms with Crippen LogP contribution in [0.15, 0.2) is 42.6 Å². The quantitative estimate of drug-likeness (QED) is 0.741. The lowest BCUT2D eigenvalue weighted by Crippen LogP contribution is -2.35. The molecule has 0 N–H and O–H groups in total. The fraction of sp³-hybridized carbons (Fsp3) is 0.222. The van der Waals surface area contributed by atoms with Crippen molar-refractivity contribution in [1.82, 2.24) is 4.98 Å². The van der Waals surface area contributed by atoms with Gasteiger partial charge in [0.1, 0.15) is 5.69 Å². The fourth-order valence-electron chi connectivity index (χ4n) is 2.12. The zero-order valence-corrected chi connectivity index (χ0v) is 14.4. The molecule has 128 valence electrons. The van der Waals surface area contributed by atoms with Gasteiger partial charge in [-0.05, 0) is 42.8 Å². The minimum absolute atomic E-state index is 0.126. The van der Waals surface area contributed by atoms with Crippen molar-refractivity contribution in [3.05, 3.63) is 58.9 Å². The molecule has 0 aliphatic rings. The second kappa shape index (κ2) is 8.81. The van der Waals surface area contributed by atoms with Gasteiger partial charge in [0.25, 0.3) is 5.91 Å². The van der Waals surface area contributed by atoms with E-state index in [9.17, 15) is 9.59 Å². The first-order chi connectivity index (χ1) is 12.0. The van der Waals surface area contributed by atoms with Crippen molar-refractivity contribution >= 4 is 29.2 Å². The van der Waals surface area contributed by atoms with Crippen LogP contribution in [0.1, 0.15) is 22.5 Å². The van der Waals surface area contributed by atoms with E-state index in [0.29, 0.717) is 10.7 Å². The number of halogens is 1. The third-order valence-corrected chi connectivity index (χ3v) is 3.83. The lowest BCUT2D eigenvalue weighted by molar-refractivity contribution is -0.121. The van der Waals surface area contributed by atoms with E-state index in [4.69, 9.17) is 21.6 Å². The molecule has 0 radical (unpaired) electrons. The predicted octanol–water partition coefficient (Wildman–Crippen LogP) is 3.15. The van der Waals surface area contributed by atoms with Crippen molar-refractivity contribution in [3.63, 3.8) is 0 Å². The Balaban J connectivity index is 2.09. The number of pyridine rings is 1. The number of anilines is 1. The van der Waals surface area contributed by atoms with Gasteiger partial charge < -0.3 is 9.64 Å². The number of hydrogen-bond acceptors (Lipinski definition) is 5. The Hall–Kier alpha value is -2.91. The third kappa shape index (κ3) is 5.03. The number of nitrogens with zero attached hydrogens (tertiary/aromatic N) is 3. The Morgan fingerprint density at radius 2 is 2.12 bits per heavy atom. The van der Waals surface area contributed by atoms with Crippen LogP contribution < -0.4 is 4.90 Å². The van der Waals surface area contributed by atoms with Crippen LogP contribution in [0.2, 0.25) is 5.02 Å². The summed E-state index contributed by atoms with van der Waals surface area (Å²) in [5, 5.41) is 9.39. The number of aryl methyl sites for hydroxylation is 1. The normalized spacial score (nSPS) is 9.96. The summed E-state index contributed by atoms with van der Waals surface area (Å²) in [5.41, 5.74) is 1.52. The molecular weight excluding hydrogens is 342 g/mol. The molecule has 0 aliphatic carbocycles. The van der Waals surface area contributed by atoms with Crippen molar-refractivity contribution in [2.24, 2.45) is 0 Å². The summed E-state index contributed by atoms with van der Waals surface area (Å²) < 4.78 is 5.02. The van der Waals surface area contributed by atoms with Gasteiger partial charge in [0.15, 0.2) is 6.61 Å². The summed E-state index contributed by atoms with van der Waals surface area (Å²) >= 11 is 6.01. The van der Waals surface area contributed by atoms with Crippen LogP contribution in [0.4, 0.5) is 5.69 Å².